The summed E-state index contributed by atoms with van der Waals surface area (Å²) in [5, 5.41) is 11.1. The maximum absolute atomic E-state index is 11.5. The average Bonchev–Trinajstić information content (AvgIpc) is 2.90. The molecule has 0 atom stereocenters. The Morgan fingerprint density at radius 2 is 1.71 bits per heavy atom. The van der Waals surface area contributed by atoms with Crippen molar-refractivity contribution < 1.29 is 9.90 Å². The van der Waals surface area contributed by atoms with Crippen LogP contribution in [0.2, 0.25) is 0 Å². The van der Waals surface area contributed by atoms with Crippen LogP contribution in [-0.2, 0) is 6.54 Å². The lowest BCUT2D eigenvalue weighted by molar-refractivity contribution is 0.0699. The largest absolute Gasteiger partial charge is 0.478 e. The lowest BCUT2D eigenvalue weighted by Crippen LogP contribution is -2.04. The first-order valence-corrected chi connectivity index (χ1v) is 7.81. The van der Waals surface area contributed by atoms with Crippen LogP contribution in [0.25, 0.3) is 21.8 Å². The molecule has 1 N–H and O–H groups in total. The van der Waals surface area contributed by atoms with E-state index in [1.807, 2.05) is 55.5 Å². The van der Waals surface area contributed by atoms with Gasteiger partial charge in [-0.3, -0.25) is 0 Å². The minimum Gasteiger partial charge on any atom is -0.478 e. The molecule has 3 aromatic carbocycles. The van der Waals surface area contributed by atoms with E-state index < -0.39 is 5.97 Å². The molecule has 0 aliphatic carbocycles. The van der Waals surface area contributed by atoms with Crippen LogP contribution >= 0.6 is 0 Å². The summed E-state index contributed by atoms with van der Waals surface area (Å²) in [6, 6.07) is 19.3. The maximum Gasteiger partial charge on any atom is 0.336 e. The van der Waals surface area contributed by atoms with Crippen LogP contribution in [0.1, 0.15) is 21.7 Å². The molecule has 0 unspecified atom stereocenters. The summed E-state index contributed by atoms with van der Waals surface area (Å²) < 4.78 is 2.16. The SMILES string of the molecule is Cc1nc2ccccc2n1Cc1ccc(C(=O)O)c2ccccc12. The smallest absolute Gasteiger partial charge is 0.336 e. The normalized spacial score (nSPS) is 11.2. The van der Waals surface area contributed by atoms with Gasteiger partial charge in [-0.25, -0.2) is 9.78 Å². The molecule has 0 aliphatic heterocycles. The summed E-state index contributed by atoms with van der Waals surface area (Å²) in [7, 11) is 0. The zero-order valence-corrected chi connectivity index (χ0v) is 13.2. The van der Waals surface area contributed by atoms with Gasteiger partial charge in [-0.2, -0.15) is 0 Å². The summed E-state index contributed by atoms with van der Waals surface area (Å²) in [6.07, 6.45) is 0. The Kier molecular flexibility index (Phi) is 3.31. The molecule has 4 aromatic rings. The van der Waals surface area contributed by atoms with E-state index in [0.29, 0.717) is 12.1 Å². The van der Waals surface area contributed by atoms with Crippen LogP contribution in [0.15, 0.2) is 60.7 Å². The second-order valence-corrected chi connectivity index (χ2v) is 5.86. The fraction of sp³-hybridized carbons (Fsp3) is 0.100. The predicted octanol–water partition coefficient (Wildman–Crippen LogP) is 4.24. The van der Waals surface area contributed by atoms with Crippen LogP contribution in [0.5, 0.6) is 0 Å². The van der Waals surface area contributed by atoms with Gasteiger partial charge in [-0.15, -0.1) is 0 Å². The highest BCUT2D eigenvalue weighted by molar-refractivity contribution is 6.04. The van der Waals surface area contributed by atoms with E-state index in [1.165, 1.54) is 0 Å². The Bertz CT molecular complexity index is 1080. The number of carbonyl (C=O) groups is 1. The van der Waals surface area contributed by atoms with Crippen molar-refractivity contribution in [1.29, 1.82) is 0 Å². The molecule has 0 amide bonds. The molecular weight excluding hydrogens is 300 g/mol. The number of benzene rings is 3. The molecule has 0 fully saturated rings. The van der Waals surface area contributed by atoms with Gasteiger partial charge in [0, 0.05) is 6.54 Å². The number of carboxylic acids is 1. The lowest BCUT2D eigenvalue weighted by Gasteiger charge is -2.12. The Morgan fingerprint density at radius 1 is 1.00 bits per heavy atom. The second-order valence-electron chi connectivity index (χ2n) is 5.86. The summed E-state index contributed by atoms with van der Waals surface area (Å²) >= 11 is 0. The van der Waals surface area contributed by atoms with Crippen LogP contribution in [0.4, 0.5) is 0 Å². The van der Waals surface area contributed by atoms with Crippen molar-refractivity contribution in [2.75, 3.05) is 0 Å². The monoisotopic (exact) mass is 316 g/mol. The number of nitrogens with zero attached hydrogens (tertiary/aromatic N) is 2. The highest BCUT2D eigenvalue weighted by Crippen LogP contribution is 2.25. The first kappa shape index (κ1) is 14.5. The number of aryl methyl sites for hydroxylation is 1. The molecule has 4 nitrogen and oxygen atoms in total. The fourth-order valence-electron chi connectivity index (χ4n) is 3.25. The standard InChI is InChI=1S/C20H16N2O2/c1-13-21-18-8-4-5-9-19(18)22(13)12-14-10-11-17(20(23)24)16-7-3-2-6-15(14)16/h2-11H,12H2,1H3,(H,23,24). The van der Waals surface area contributed by atoms with Crippen molar-refractivity contribution in [3.8, 4) is 0 Å². The van der Waals surface area contributed by atoms with Gasteiger partial charge >= 0.3 is 5.97 Å². The summed E-state index contributed by atoms with van der Waals surface area (Å²) in [5.74, 6) is 0.0459. The first-order valence-electron chi connectivity index (χ1n) is 7.81. The number of fused-ring (bicyclic) bond motifs is 2. The van der Waals surface area contributed by atoms with Gasteiger partial charge in [-0.05, 0) is 41.5 Å². The Hall–Kier alpha value is -3.14. The number of aromatic carboxylic acids is 1. The van der Waals surface area contributed by atoms with E-state index in [4.69, 9.17) is 0 Å². The second kappa shape index (κ2) is 5.49. The number of imidazole rings is 1. The van der Waals surface area contributed by atoms with Crippen molar-refractivity contribution in [3.63, 3.8) is 0 Å². The molecule has 0 bridgehead atoms. The first-order chi connectivity index (χ1) is 11.6. The summed E-state index contributed by atoms with van der Waals surface area (Å²) in [6.45, 7) is 2.65. The third-order valence-electron chi connectivity index (χ3n) is 4.42. The van der Waals surface area contributed by atoms with Crippen LogP contribution < -0.4 is 0 Å². The third kappa shape index (κ3) is 2.24. The number of hydrogen-bond acceptors (Lipinski definition) is 2. The van der Waals surface area contributed by atoms with Crippen molar-refractivity contribution in [3.05, 3.63) is 77.6 Å². The van der Waals surface area contributed by atoms with Crippen LogP contribution in [-0.4, -0.2) is 20.6 Å². The number of aromatic nitrogens is 2. The molecule has 118 valence electrons. The minimum atomic E-state index is -0.901. The molecule has 1 aromatic heterocycles. The number of rotatable bonds is 3. The maximum atomic E-state index is 11.5. The molecule has 0 radical (unpaired) electrons. The van der Waals surface area contributed by atoms with Gasteiger partial charge < -0.3 is 9.67 Å². The van der Waals surface area contributed by atoms with E-state index in [9.17, 15) is 9.90 Å². The summed E-state index contributed by atoms with van der Waals surface area (Å²) in [4.78, 5) is 16.1. The highest BCUT2D eigenvalue weighted by Gasteiger charge is 2.13. The van der Waals surface area contributed by atoms with Gasteiger partial charge in [-0.1, -0.05) is 42.5 Å². The molecule has 1 heterocycles. The van der Waals surface area contributed by atoms with Crippen molar-refractivity contribution >= 4 is 27.8 Å². The number of carboxylic acid groups (broad SMARTS) is 1. The molecule has 0 saturated heterocycles. The number of hydrogen-bond donors (Lipinski definition) is 1. The van der Waals surface area contributed by atoms with Gasteiger partial charge in [0.2, 0.25) is 0 Å². The quantitative estimate of drug-likeness (QED) is 0.615. The van der Waals surface area contributed by atoms with Crippen molar-refractivity contribution in [1.82, 2.24) is 9.55 Å². The zero-order chi connectivity index (χ0) is 16.7. The molecule has 4 heteroatoms. The van der Waals surface area contributed by atoms with Crippen LogP contribution in [0, 0.1) is 6.92 Å². The lowest BCUT2D eigenvalue weighted by atomic mass is 9.99. The predicted molar refractivity (Wildman–Crippen MR) is 94.5 cm³/mol. The van der Waals surface area contributed by atoms with E-state index in [-0.39, 0.29) is 0 Å². The van der Waals surface area contributed by atoms with E-state index in [0.717, 1.165) is 33.2 Å². The number of para-hydroxylation sites is 2. The third-order valence-corrected chi connectivity index (χ3v) is 4.42. The van der Waals surface area contributed by atoms with E-state index in [2.05, 4.69) is 15.6 Å². The average molecular weight is 316 g/mol. The van der Waals surface area contributed by atoms with Gasteiger partial charge in [0.15, 0.2) is 0 Å². The van der Waals surface area contributed by atoms with Gasteiger partial charge in [0.05, 0.1) is 16.6 Å². The van der Waals surface area contributed by atoms with E-state index in [1.54, 1.807) is 6.07 Å². The van der Waals surface area contributed by atoms with Gasteiger partial charge in [0.25, 0.3) is 0 Å². The minimum absolute atomic E-state index is 0.335. The fourth-order valence-corrected chi connectivity index (χ4v) is 3.25. The van der Waals surface area contributed by atoms with Crippen molar-refractivity contribution in [2.45, 2.75) is 13.5 Å². The zero-order valence-electron chi connectivity index (χ0n) is 13.2. The van der Waals surface area contributed by atoms with Gasteiger partial charge in [0.1, 0.15) is 5.82 Å². The van der Waals surface area contributed by atoms with Crippen molar-refractivity contribution in [2.24, 2.45) is 0 Å². The summed E-state index contributed by atoms with van der Waals surface area (Å²) in [5.41, 5.74) is 3.48. The highest BCUT2D eigenvalue weighted by atomic mass is 16.4. The molecule has 0 saturated carbocycles. The van der Waals surface area contributed by atoms with E-state index >= 15 is 0 Å². The molecule has 0 aliphatic rings. The topological polar surface area (TPSA) is 55.1 Å². The Balaban J connectivity index is 1.90. The van der Waals surface area contributed by atoms with Crippen LogP contribution in [0.3, 0.4) is 0 Å². The Morgan fingerprint density at radius 3 is 2.50 bits per heavy atom. The molecule has 4 rings (SSSR count). The molecular formula is C20H16N2O2. The Labute approximate surface area is 139 Å². The molecule has 0 spiro atoms. The molecule has 24 heavy (non-hydrogen) atoms.